The summed E-state index contributed by atoms with van der Waals surface area (Å²) in [7, 11) is 1.87. The highest BCUT2D eigenvalue weighted by molar-refractivity contribution is 9.10. The van der Waals surface area contributed by atoms with Gasteiger partial charge in [-0.3, -0.25) is 9.59 Å². The van der Waals surface area contributed by atoms with Gasteiger partial charge in [-0.15, -0.1) is 12.4 Å². The summed E-state index contributed by atoms with van der Waals surface area (Å²) in [6, 6.07) is 7.58. The van der Waals surface area contributed by atoms with Gasteiger partial charge in [0.05, 0.1) is 0 Å². The van der Waals surface area contributed by atoms with E-state index in [-0.39, 0.29) is 24.2 Å². The van der Waals surface area contributed by atoms with Crippen molar-refractivity contribution in [3.63, 3.8) is 0 Å². The molecule has 122 valence electrons. The molecule has 1 unspecified atom stereocenters. The zero-order chi connectivity index (χ0) is 15.2. The number of nitrogens with zero attached hydrogens (tertiary/aromatic N) is 1. The smallest absolute Gasteiger partial charge is 0.239 e. The molecular formula is C15H21BrClN3O2. The summed E-state index contributed by atoms with van der Waals surface area (Å²) in [5.74, 6) is -0.827. The lowest BCUT2D eigenvalue weighted by Crippen LogP contribution is -2.37. The number of halogens is 2. The van der Waals surface area contributed by atoms with E-state index in [0.717, 1.165) is 23.1 Å². The van der Waals surface area contributed by atoms with Crippen molar-refractivity contribution in [2.45, 2.75) is 12.8 Å². The summed E-state index contributed by atoms with van der Waals surface area (Å²) in [5, 5.41) is 5.86. The van der Waals surface area contributed by atoms with E-state index < -0.39 is 5.92 Å². The number of carbonyl (C=O) groups is 2. The molecule has 1 atom stereocenters. The Morgan fingerprint density at radius 1 is 1.41 bits per heavy atom. The minimum Gasteiger partial charge on any atom is -0.355 e. The molecule has 1 aromatic rings. The molecule has 1 aliphatic heterocycles. The number of anilines is 1. The first-order valence-corrected chi connectivity index (χ1v) is 7.92. The Morgan fingerprint density at radius 2 is 2.18 bits per heavy atom. The van der Waals surface area contributed by atoms with Gasteiger partial charge in [-0.05, 0) is 44.6 Å². The third kappa shape index (κ3) is 4.69. The Balaban J connectivity index is 0.00000242. The second-order valence-corrected chi connectivity index (χ2v) is 5.97. The summed E-state index contributed by atoms with van der Waals surface area (Å²) in [4.78, 5) is 26.1. The SMILES string of the molecule is CNCCCNC(=O)C1CCN(c2cccc(Br)c2)C1=O.Cl. The summed E-state index contributed by atoms with van der Waals surface area (Å²) in [6.45, 7) is 2.04. The zero-order valence-electron chi connectivity index (χ0n) is 12.5. The average Bonchev–Trinajstić information content (AvgIpc) is 2.85. The van der Waals surface area contributed by atoms with Gasteiger partial charge in [0.15, 0.2) is 0 Å². The molecule has 2 amide bonds. The van der Waals surface area contributed by atoms with Crippen LogP contribution in [0, 0.1) is 5.92 Å². The van der Waals surface area contributed by atoms with Gasteiger partial charge in [-0.2, -0.15) is 0 Å². The first kappa shape index (κ1) is 18.9. The van der Waals surface area contributed by atoms with Crippen LogP contribution in [-0.2, 0) is 9.59 Å². The molecule has 0 radical (unpaired) electrons. The molecule has 5 nitrogen and oxygen atoms in total. The second kappa shape index (κ2) is 9.12. The Bertz CT molecular complexity index is 527. The van der Waals surface area contributed by atoms with Gasteiger partial charge in [0.25, 0.3) is 0 Å². The summed E-state index contributed by atoms with van der Waals surface area (Å²) in [5.41, 5.74) is 0.833. The molecule has 7 heteroatoms. The maximum Gasteiger partial charge on any atom is 0.239 e. The highest BCUT2D eigenvalue weighted by Crippen LogP contribution is 2.27. The van der Waals surface area contributed by atoms with Crippen molar-refractivity contribution >= 4 is 45.8 Å². The fourth-order valence-electron chi connectivity index (χ4n) is 2.42. The Kier molecular flexibility index (Phi) is 7.85. The standard InChI is InChI=1S/C15H20BrN3O2.ClH/c1-17-7-3-8-18-14(20)13-6-9-19(15(13)21)12-5-2-4-11(16)10-12;/h2,4-5,10,13,17H,3,6-9H2,1H3,(H,18,20);1H. The van der Waals surface area contributed by atoms with Crippen LogP contribution in [0.4, 0.5) is 5.69 Å². The van der Waals surface area contributed by atoms with E-state index >= 15 is 0 Å². The summed E-state index contributed by atoms with van der Waals surface area (Å²) in [6.07, 6.45) is 1.43. The Hall–Kier alpha value is -1.11. The number of amides is 2. The number of nitrogens with one attached hydrogen (secondary N) is 2. The molecule has 0 spiro atoms. The molecule has 0 aliphatic carbocycles. The predicted molar refractivity (Wildman–Crippen MR) is 93.4 cm³/mol. The van der Waals surface area contributed by atoms with Crippen LogP contribution in [0.2, 0.25) is 0 Å². The van der Waals surface area contributed by atoms with E-state index in [1.54, 1.807) is 4.90 Å². The van der Waals surface area contributed by atoms with Crippen molar-refractivity contribution in [3.8, 4) is 0 Å². The van der Waals surface area contributed by atoms with Gasteiger partial charge in [0, 0.05) is 23.2 Å². The number of benzene rings is 1. The molecule has 1 saturated heterocycles. The van der Waals surface area contributed by atoms with E-state index in [1.807, 2.05) is 31.3 Å². The lowest BCUT2D eigenvalue weighted by Gasteiger charge is -2.17. The van der Waals surface area contributed by atoms with Crippen molar-refractivity contribution in [1.29, 1.82) is 0 Å². The fourth-order valence-corrected chi connectivity index (χ4v) is 2.81. The lowest BCUT2D eigenvalue weighted by atomic mass is 10.1. The third-order valence-corrected chi connectivity index (χ3v) is 4.04. The predicted octanol–water partition coefficient (Wildman–Crippen LogP) is 1.95. The molecule has 0 aromatic heterocycles. The van der Waals surface area contributed by atoms with Gasteiger partial charge in [0.2, 0.25) is 11.8 Å². The van der Waals surface area contributed by atoms with Gasteiger partial charge >= 0.3 is 0 Å². The van der Waals surface area contributed by atoms with Gasteiger partial charge in [0.1, 0.15) is 5.92 Å². The average molecular weight is 391 g/mol. The minimum atomic E-state index is -0.557. The van der Waals surface area contributed by atoms with Crippen molar-refractivity contribution in [2.75, 3.05) is 31.6 Å². The van der Waals surface area contributed by atoms with E-state index in [0.29, 0.717) is 19.5 Å². The number of hydrogen-bond acceptors (Lipinski definition) is 3. The van der Waals surface area contributed by atoms with Crippen LogP contribution in [0.3, 0.4) is 0 Å². The van der Waals surface area contributed by atoms with Crippen LogP contribution in [0.1, 0.15) is 12.8 Å². The summed E-state index contributed by atoms with van der Waals surface area (Å²) >= 11 is 3.40. The van der Waals surface area contributed by atoms with Crippen molar-refractivity contribution in [2.24, 2.45) is 5.92 Å². The molecule has 1 heterocycles. The van der Waals surface area contributed by atoms with Gasteiger partial charge < -0.3 is 15.5 Å². The maximum absolute atomic E-state index is 12.4. The molecule has 0 saturated carbocycles. The zero-order valence-corrected chi connectivity index (χ0v) is 14.9. The third-order valence-electron chi connectivity index (χ3n) is 3.54. The minimum absolute atomic E-state index is 0. The summed E-state index contributed by atoms with van der Waals surface area (Å²) < 4.78 is 0.924. The van der Waals surface area contributed by atoms with Gasteiger partial charge in [-0.25, -0.2) is 0 Å². The molecule has 2 N–H and O–H groups in total. The van der Waals surface area contributed by atoms with E-state index in [1.165, 1.54) is 0 Å². The van der Waals surface area contributed by atoms with E-state index in [4.69, 9.17) is 0 Å². The molecular weight excluding hydrogens is 370 g/mol. The highest BCUT2D eigenvalue weighted by atomic mass is 79.9. The van der Waals surface area contributed by atoms with Crippen LogP contribution in [0.5, 0.6) is 0 Å². The van der Waals surface area contributed by atoms with Crippen LogP contribution < -0.4 is 15.5 Å². The largest absolute Gasteiger partial charge is 0.355 e. The molecule has 1 aliphatic rings. The number of hydrogen-bond donors (Lipinski definition) is 2. The van der Waals surface area contributed by atoms with Crippen LogP contribution >= 0.6 is 28.3 Å². The molecule has 0 bridgehead atoms. The van der Waals surface area contributed by atoms with Crippen LogP contribution in [0.25, 0.3) is 0 Å². The van der Waals surface area contributed by atoms with E-state index in [2.05, 4.69) is 26.6 Å². The Labute approximate surface area is 145 Å². The molecule has 1 fully saturated rings. The maximum atomic E-state index is 12.4. The number of rotatable bonds is 6. The van der Waals surface area contributed by atoms with Crippen molar-refractivity contribution in [1.82, 2.24) is 10.6 Å². The normalized spacial score (nSPS) is 17.3. The first-order valence-electron chi connectivity index (χ1n) is 7.12. The quantitative estimate of drug-likeness (QED) is 0.576. The van der Waals surface area contributed by atoms with Gasteiger partial charge in [-0.1, -0.05) is 22.0 Å². The van der Waals surface area contributed by atoms with Crippen molar-refractivity contribution < 1.29 is 9.59 Å². The molecule has 22 heavy (non-hydrogen) atoms. The van der Waals surface area contributed by atoms with Crippen molar-refractivity contribution in [3.05, 3.63) is 28.7 Å². The molecule has 1 aromatic carbocycles. The monoisotopic (exact) mass is 389 g/mol. The highest BCUT2D eigenvalue weighted by Gasteiger charge is 2.37. The number of carbonyl (C=O) groups excluding carboxylic acids is 2. The van der Waals surface area contributed by atoms with E-state index in [9.17, 15) is 9.59 Å². The molecule has 2 rings (SSSR count). The second-order valence-electron chi connectivity index (χ2n) is 5.06. The Morgan fingerprint density at radius 3 is 2.86 bits per heavy atom. The topological polar surface area (TPSA) is 61.4 Å². The fraction of sp³-hybridized carbons (Fsp3) is 0.467. The first-order chi connectivity index (χ1) is 10.1. The van der Waals surface area contributed by atoms with Crippen LogP contribution in [0.15, 0.2) is 28.7 Å². The van der Waals surface area contributed by atoms with Crippen LogP contribution in [-0.4, -0.2) is 38.5 Å². The lowest BCUT2D eigenvalue weighted by molar-refractivity contribution is -0.132.